The summed E-state index contributed by atoms with van der Waals surface area (Å²) in [5.41, 5.74) is 8.58. The normalized spacial score (nSPS) is 27.2. The highest BCUT2D eigenvalue weighted by molar-refractivity contribution is 7.52. The molecule has 66 heavy (non-hydrogen) atoms. The van der Waals surface area contributed by atoms with Crippen LogP contribution in [0.5, 0.6) is 23.3 Å². The van der Waals surface area contributed by atoms with Crippen molar-refractivity contribution in [3.63, 3.8) is 0 Å². The standard InChI is InChI=1S/C38H48N12O14P2/c1-37(53)27(51)23(61-33(37)49-19-41-25-29(49)45-35(39)47-31(25)57-3)17-59-65(55,63-21-11-7-5-8-12-21)43-15-16-44-66(56,64-22-13-9-6-10-14-22)60-18-24-28(52)38(2,54)34(62-24)50-20-42-26-30(50)46-36(40)48-32(26)58-4/h5-14,19-20,23-24,27-28,33-34,51-54H,15-18H2,1-4H3,(H,43,55)(H,44,56)(H2,39,45,47)(H2,40,46,48)/t23-,24-,27-,28-,33-,34-,37-,38-,65?,66?/m1/s1. The van der Waals surface area contributed by atoms with Gasteiger partial charge in [-0.3, -0.25) is 18.2 Å². The molecule has 0 spiro atoms. The zero-order chi connectivity index (χ0) is 47.0. The Morgan fingerprint density at radius 2 is 1.05 bits per heavy atom. The molecule has 10 N–H and O–H groups in total. The molecule has 0 amide bonds. The van der Waals surface area contributed by atoms with Gasteiger partial charge in [-0.25, -0.2) is 29.3 Å². The molecule has 6 aromatic rings. The monoisotopic (exact) mass is 958 g/mol. The maximum absolute atomic E-state index is 14.4. The predicted molar refractivity (Wildman–Crippen MR) is 231 cm³/mol. The number of nitrogens with zero attached hydrogens (tertiary/aromatic N) is 8. The van der Waals surface area contributed by atoms with E-state index in [4.69, 9.17) is 48.5 Å². The molecule has 0 bridgehead atoms. The van der Waals surface area contributed by atoms with Crippen molar-refractivity contribution in [1.82, 2.24) is 49.2 Å². The van der Waals surface area contributed by atoms with Gasteiger partial charge in [-0.05, 0) is 38.1 Å². The van der Waals surface area contributed by atoms with Crippen LogP contribution >= 0.6 is 15.5 Å². The van der Waals surface area contributed by atoms with Crippen LogP contribution in [0.1, 0.15) is 26.3 Å². The zero-order valence-corrected chi connectivity index (χ0v) is 37.5. The van der Waals surface area contributed by atoms with Gasteiger partial charge in [0.2, 0.25) is 23.7 Å². The highest BCUT2D eigenvalue weighted by Crippen LogP contribution is 2.49. The SMILES string of the molecule is COc1nc(N)nc2c1ncn2[C@@H]1O[C@H](COP(=O)(NCCNP(=O)(OC[C@H]2O[C@@H](n3cnc4c(OC)nc(N)nc43)[C@](C)(O)[C@@H]2O)Oc2ccccc2)Oc2ccccc2)[C@@H](O)[C@@]1(C)O. The predicted octanol–water partition coefficient (Wildman–Crippen LogP) is 1.45. The van der Waals surface area contributed by atoms with Crippen molar-refractivity contribution in [3.8, 4) is 23.3 Å². The molecule has 0 aliphatic carbocycles. The van der Waals surface area contributed by atoms with Crippen molar-refractivity contribution in [2.45, 2.75) is 61.9 Å². The molecule has 28 heteroatoms. The molecular weight excluding hydrogens is 910 g/mol. The quantitative estimate of drug-likeness (QED) is 0.0421. The highest BCUT2D eigenvalue weighted by atomic mass is 31.2. The van der Waals surface area contributed by atoms with Crippen LogP contribution in [-0.2, 0) is 27.7 Å². The summed E-state index contributed by atoms with van der Waals surface area (Å²) in [6.45, 7) is 1.03. The number of hydrogen-bond acceptors (Lipinski definition) is 22. The molecule has 10 atom stereocenters. The Morgan fingerprint density at radius 1 is 0.667 bits per heavy atom. The lowest BCUT2D eigenvalue weighted by atomic mass is 9.96. The number of hydrogen-bond donors (Lipinski definition) is 8. The molecule has 354 valence electrons. The number of nitrogen functional groups attached to an aromatic ring is 2. The number of aliphatic hydroxyl groups is 4. The number of methoxy groups -OCH3 is 2. The average Bonchev–Trinajstić information content (AvgIpc) is 4.02. The van der Waals surface area contributed by atoms with Crippen LogP contribution in [0.4, 0.5) is 11.9 Å². The minimum absolute atomic E-state index is 0.0812. The van der Waals surface area contributed by atoms with E-state index in [2.05, 4.69) is 40.1 Å². The fourth-order valence-electron chi connectivity index (χ4n) is 7.37. The molecule has 26 nitrogen and oxygen atoms in total. The van der Waals surface area contributed by atoms with Gasteiger partial charge >= 0.3 is 15.5 Å². The number of nitrogens with one attached hydrogen (secondary N) is 2. The summed E-state index contributed by atoms with van der Waals surface area (Å²) in [5.74, 6) is 0.194. The largest absolute Gasteiger partial charge is 0.479 e. The lowest BCUT2D eigenvalue weighted by Crippen LogP contribution is -2.44. The number of para-hydroxylation sites is 2. The zero-order valence-electron chi connectivity index (χ0n) is 35.7. The maximum Gasteiger partial charge on any atom is 0.458 e. The van der Waals surface area contributed by atoms with Gasteiger partial charge < -0.3 is 59.9 Å². The molecule has 6 heterocycles. The van der Waals surface area contributed by atoms with E-state index in [0.717, 1.165) is 0 Å². The van der Waals surface area contributed by atoms with E-state index in [-0.39, 0.29) is 70.6 Å². The molecule has 8 rings (SSSR count). The molecule has 0 saturated carbocycles. The molecule has 2 aliphatic rings. The number of aliphatic hydroxyl groups excluding tert-OH is 2. The number of rotatable bonds is 19. The highest BCUT2D eigenvalue weighted by Gasteiger charge is 2.55. The van der Waals surface area contributed by atoms with Crippen molar-refractivity contribution >= 4 is 49.7 Å². The Labute approximate surface area is 375 Å². The van der Waals surface area contributed by atoms with Crippen LogP contribution < -0.4 is 40.2 Å². The third kappa shape index (κ3) is 9.36. The lowest BCUT2D eigenvalue weighted by molar-refractivity contribution is -0.0948. The van der Waals surface area contributed by atoms with Gasteiger partial charge in [0.05, 0.1) is 40.1 Å². The van der Waals surface area contributed by atoms with E-state index in [9.17, 15) is 29.6 Å². The van der Waals surface area contributed by atoms with E-state index < -0.39 is 76.8 Å². The Kier molecular flexibility index (Phi) is 13.2. The Balaban J connectivity index is 0.954. The van der Waals surface area contributed by atoms with Crippen LogP contribution in [0.2, 0.25) is 0 Å². The van der Waals surface area contributed by atoms with Crippen LogP contribution in [0.25, 0.3) is 22.3 Å². The first kappa shape index (κ1) is 46.9. The summed E-state index contributed by atoms with van der Waals surface area (Å²) in [5, 5.41) is 51.0. The molecule has 2 saturated heterocycles. The van der Waals surface area contributed by atoms with Gasteiger partial charge in [0.15, 0.2) is 34.8 Å². The third-order valence-electron chi connectivity index (χ3n) is 10.7. The number of aromatic nitrogens is 8. The van der Waals surface area contributed by atoms with Gasteiger partial charge in [-0.2, -0.15) is 19.9 Å². The molecule has 2 unspecified atom stereocenters. The minimum Gasteiger partial charge on any atom is -0.479 e. The third-order valence-corrected chi connectivity index (χ3v) is 13.8. The number of fused-ring (bicyclic) bond motifs is 2. The molecule has 2 aromatic carbocycles. The number of ether oxygens (including phenoxy) is 4. The smallest absolute Gasteiger partial charge is 0.458 e. The second-order valence-electron chi connectivity index (χ2n) is 15.4. The second kappa shape index (κ2) is 18.6. The molecule has 0 radical (unpaired) electrons. The van der Waals surface area contributed by atoms with E-state index in [1.165, 1.54) is 74.1 Å². The minimum atomic E-state index is -4.38. The summed E-state index contributed by atoms with van der Waals surface area (Å²) < 4.78 is 77.5. The van der Waals surface area contributed by atoms with E-state index in [1.54, 1.807) is 36.4 Å². The first-order valence-corrected chi connectivity index (χ1v) is 23.2. The van der Waals surface area contributed by atoms with E-state index in [0.29, 0.717) is 0 Å². The van der Waals surface area contributed by atoms with Crippen LogP contribution in [0.15, 0.2) is 73.3 Å². The Morgan fingerprint density at radius 3 is 1.41 bits per heavy atom. The summed E-state index contributed by atoms with van der Waals surface area (Å²) >= 11 is 0. The molecule has 4 aromatic heterocycles. The lowest BCUT2D eigenvalue weighted by Gasteiger charge is -2.27. The van der Waals surface area contributed by atoms with Crippen LogP contribution in [0, 0.1) is 0 Å². The molecule has 2 aliphatic heterocycles. The van der Waals surface area contributed by atoms with Gasteiger partial charge in [0, 0.05) is 13.1 Å². The van der Waals surface area contributed by atoms with E-state index in [1.807, 2.05) is 0 Å². The van der Waals surface area contributed by atoms with Gasteiger partial charge in [0.25, 0.3) is 0 Å². The Hall–Kier alpha value is -5.60. The molecular formula is C38H48N12O14P2. The summed E-state index contributed by atoms with van der Waals surface area (Å²) in [6.07, 6.45) is -5.69. The summed E-state index contributed by atoms with van der Waals surface area (Å²) in [7, 11) is -6.00. The van der Waals surface area contributed by atoms with Gasteiger partial charge in [-0.15, -0.1) is 0 Å². The van der Waals surface area contributed by atoms with Crippen molar-refractivity contribution in [2.24, 2.45) is 0 Å². The molecule has 2 fully saturated rings. The number of benzene rings is 2. The summed E-state index contributed by atoms with van der Waals surface area (Å²) in [4.78, 5) is 25.0. The van der Waals surface area contributed by atoms with Crippen molar-refractivity contribution in [1.29, 1.82) is 0 Å². The topological polar surface area (TPSA) is 352 Å². The fourth-order valence-corrected chi connectivity index (χ4v) is 10.0. The van der Waals surface area contributed by atoms with Crippen LogP contribution in [-0.4, -0.2) is 136 Å². The van der Waals surface area contributed by atoms with Crippen LogP contribution in [0.3, 0.4) is 0 Å². The van der Waals surface area contributed by atoms with Gasteiger partial charge in [-0.1, -0.05) is 36.4 Å². The number of anilines is 2. The average molecular weight is 959 g/mol. The fraction of sp³-hybridized carbons (Fsp3) is 0.421. The number of nitrogens with two attached hydrogens (primary N) is 2. The van der Waals surface area contributed by atoms with Crippen molar-refractivity contribution in [3.05, 3.63) is 73.3 Å². The van der Waals surface area contributed by atoms with Crippen molar-refractivity contribution in [2.75, 3.05) is 52.0 Å². The van der Waals surface area contributed by atoms with E-state index >= 15 is 0 Å². The van der Waals surface area contributed by atoms with Gasteiger partial charge in [0.1, 0.15) is 47.1 Å². The second-order valence-corrected chi connectivity index (χ2v) is 18.9. The Bertz CT molecular complexity index is 2570. The number of imidazole rings is 2. The first-order valence-electron chi connectivity index (χ1n) is 20.1. The summed E-state index contributed by atoms with van der Waals surface area (Å²) in [6, 6.07) is 16.2. The van der Waals surface area contributed by atoms with Crippen molar-refractivity contribution < 1.29 is 66.6 Å². The maximum atomic E-state index is 14.4. The first-order chi connectivity index (χ1) is 31.4.